The minimum atomic E-state index is -3.50. The van der Waals surface area contributed by atoms with Crippen LogP contribution < -0.4 is 4.72 Å². The predicted molar refractivity (Wildman–Crippen MR) is 79.3 cm³/mol. The molecule has 0 aliphatic rings. The molecule has 0 spiro atoms. The molecule has 0 unspecified atom stereocenters. The fourth-order valence-corrected chi connectivity index (χ4v) is 3.64. The van der Waals surface area contributed by atoms with Gasteiger partial charge in [-0.2, -0.15) is 0 Å². The van der Waals surface area contributed by atoms with Gasteiger partial charge >= 0.3 is 0 Å². The summed E-state index contributed by atoms with van der Waals surface area (Å²) in [5.41, 5.74) is 2.08. The van der Waals surface area contributed by atoms with Crippen molar-refractivity contribution >= 4 is 26.0 Å². The maximum Gasteiger partial charge on any atom is 0.241 e. The average molecular weight is 340 g/mol. The second kappa shape index (κ2) is 5.86. The lowest BCUT2D eigenvalue weighted by molar-refractivity contribution is 0.581. The summed E-state index contributed by atoms with van der Waals surface area (Å²) in [5.74, 6) is 0. The first-order chi connectivity index (χ1) is 8.99. The smallest absolute Gasteiger partial charge is 0.207 e. The molecule has 0 fully saturated rings. The Kier molecular flexibility index (Phi) is 4.39. The average Bonchev–Trinajstić information content (AvgIpc) is 2.38. The van der Waals surface area contributed by atoms with Crippen LogP contribution in [0.2, 0.25) is 0 Å². The van der Waals surface area contributed by atoms with Crippen molar-refractivity contribution in [3.63, 3.8) is 0 Å². The molecule has 0 aliphatic heterocycles. The molecule has 5 heteroatoms. The molecule has 0 heterocycles. The number of aryl methyl sites for hydroxylation is 1. The molecule has 0 radical (unpaired) electrons. The summed E-state index contributed by atoms with van der Waals surface area (Å²) < 4.78 is 27.5. The minimum absolute atomic E-state index is 0.252. The Morgan fingerprint density at radius 1 is 1.05 bits per heavy atom. The van der Waals surface area contributed by atoms with E-state index in [0.717, 1.165) is 11.1 Å². The number of nitrogens with one attached hydrogen (secondary N) is 1. The van der Waals surface area contributed by atoms with Gasteiger partial charge in [-0.1, -0.05) is 42.0 Å². The van der Waals surface area contributed by atoms with Gasteiger partial charge in [-0.25, -0.2) is 13.1 Å². The Balaban J connectivity index is 2.14. The maximum absolute atomic E-state index is 12.2. The van der Waals surface area contributed by atoms with E-state index in [1.54, 1.807) is 24.3 Å². The van der Waals surface area contributed by atoms with Gasteiger partial charge in [0.15, 0.2) is 0 Å². The highest BCUT2D eigenvalue weighted by molar-refractivity contribution is 9.10. The van der Waals surface area contributed by atoms with Crippen LogP contribution in [-0.4, -0.2) is 8.42 Å². The van der Waals surface area contributed by atoms with Gasteiger partial charge in [0.1, 0.15) is 0 Å². The van der Waals surface area contributed by atoms with Gasteiger partial charge in [-0.3, -0.25) is 0 Å². The van der Waals surface area contributed by atoms with Gasteiger partial charge in [0.05, 0.1) is 4.90 Å². The summed E-state index contributed by atoms with van der Waals surface area (Å²) >= 11 is 3.25. The van der Waals surface area contributed by atoms with E-state index in [2.05, 4.69) is 20.7 Å². The number of benzene rings is 2. The molecule has 3 nitrogen and oxygen atoms in total. The number of sulfonamides is 1. The summed E-state index contributed by atoms with van der Waals surface area (Å²) in [7, 11) is -3.50. The van der Waals surface area contributed by atoms with Crippen LogP contribution in [0.25, 0.3) is 0 Å². The molecule has 0 aromatic heterocycles. The van der Waals surface area contributed by atoms with E-state index in [0.29, 0.717) is 4.47 Å². The zero-order valence-electron chi connectivity index (χ0n) is 10.4. The predicted octanol–water partition coefficient (Wildman–Crippen LogP) is 3.24. The van der Waals surface area contributed by atoms with Crippen LogP contribution in [-0.2, 0) is 16.6 Å². The molecule has 0 bridgehead atoms. The Morgan fingerprint density at radius 3 is 2.32 bits per heavy atom. The first-order valence-corrected chi connectivity index (χ1v) is 8.06. The topological polar surface area (TPSA) is 46.2 Å². The fraction of sp³-hybridized carbons (Fsp3) is 0.143. The third kappa shape index (κ3) is 3.65. The van der Waals surface area contributed by atoms with Crippen LogP contribution in [0.4, 0.5) is 0 Å². The molecule has 0 aliphatic carbocycles. The summed E-state index contributed by atoms with van der Waals surface area (Å²) in [6.07, 6.45) is 0. The van der Waals surface area contributed by atoms with Crippen LogP contribution in [0.15, 0.2) is 57.9 Å². The second-order valence-electron chi connectivity index (χ2n) is 4.24. The molecule has 0 atom stereocenters. The lowest BCUT2D eigenvalue weighted by Gasteiger charge is -2.08. The zero-order valence-corrected chi connectivity index (χ0v) is 12.8. The summed E-state index contributed by atoms with van der Waals surface area (Å²) in [6, 6.07) is 14.5. The van der Waals surface area contributed by atoms with Crippen molar-refractivity contribution in [2.75, 3.05) is 0 Å². The molecule has 19 heavy (non-hydrogen) atoms. The van der Waals surface area contributed by atoms with E-state index in [4.69, 9.17) is 0 Å². The number of rotatable bonds is 4. The monoisotopic (exact) mass is 339 g/mol. The molecule has 0 saturated carbocycles. The maximum atomic E-state index is 12.2. The first-order valence-electron chi connectivity index (χ1n) is 5.79. The van der Waals surface area contributed by atoms with E-state index < -0.39 is 10.0 Å². The number of halogens is 1. The molecule has 2 aromatic rings. The molecule has 2 rings (SSSR count). The van der Waals surface area contributed by atoms with Gasteiger partial charge in [-0.05, 0) is 40.5 Å². The van der Waals surface area contributed by atoms with Gasteiger partial charge in [0.2, 0.25) is 10.0 Å². The number of hydrogen-bond donors (Lipinski definition) is 1. The molecule has 1 N–H and O–H groups in total. The van der Waals surface area contributed by atoms with Crippen molar-refractivity contribution < 1.29 is 8.42 Å². The summed E-state index contributed by atoms with van der Waals surface area (Å²) in [4.78, 5) is 0.252. The van der Waals surface area contributed by atoms with Crippen molar-refractivity contribution in [2.24, 2.45) is 0 Å². The highest BCUT2D eigenvalue weighted by atomic mass is 79.9. The van der Waals surface area contributed by atoms with Gasteiger partial charge in [0.25, 0.3) is 0 Å². The van der Waals surface area contributed by atoms with Crippen LogP contribution in [0.5, 0.6) is 0 Å². The van der Waals surface area contributed by atoms with Gasteiger partial charge in [0, 0.05) is 11.0 Å². The zero-order chi connectivity index (χ0) is 13.9. The molecule has 0 saturated heterocycles. The third-order valence-corrected chi connectivity index (χ3v) is 5.13. The van der Waals surface area contributed by atoms with Crippen molar-refractivity contribution in [3.8, 4) is 0 Å². The first kappa shape index (κ1) is 14.2. The lowest BCUT2D eigenvalue weighted by atomic mass is 10.2. The second-order valence-corrected chi connectivity index (χ2v) is 6.83. The molecule has 100 valence electrons. The molecular weight excluding hydrogens is 326 g/mol. The largest absolute Gasteiger partial charge is 0.241 e. The van der Waals surface area contributed by atoms with E-state index >= 15 is 0 Å². The number of hydrogen-bond acceptors (Lipinski definition) is 2. The highest BCUT2D eigenvalue weighted by Gasteiger charge is 2.16. The van der Waals surface area contributed by atoms with Crippen molar-refractivity contribution in [1.82, 2.24) is 4.72 Å². The quantitative estimate of drug-likeness (QED) is 0.929. The van der Waals surface area contributed by atoms with Crippen LogP contribution in [0.3, 0.4) is 0 Å². The van der Waals surface area contributed by atoms with Crippen LogP contribution in [0.1, 0.15) is 11.1 Å². The molecular formula is C14H14BrNO2S. The highest BCUT2D eigenvalue weighted by Crippen LogP contribution is 2.21. The summed E-state index contributed by atoms with van der Waals surface area (Å²) in [5, 5.41) is 0. The van der Waals surface area contributed by atoms with Gasteiger partial charge < -0.3 is 0 Å². The van der Waals surface area contributed by atoms with Crippen molar-refractivity contribution in [2.45, 2.75) is 18.4 Å². The van der Waals surface area contributed by atoms with E-state index in [-0.39, 0.29) is 11.4 Å². The standard InChI is InChI=1S/C14H14BrNO2S/c1-11-6-8-12(9-7-11)10-16-19(17,18)14-5-3-2-4-13(14)15/h2-9,16H,10H2,1H3. The molecule has 0 amide bonds. The fourth-order valence-electron chi connectivity index (χ4n) is 1.62. The van der Waals surface area contributed by atoms with Crippen LogP contribution in [0, 0.1) is 6.92 Å². The Bertz CT molecular complexity index is 666. The van der Waals surface area contributed by atoms with E-state index in [9.17, 15) is 8.42 Å². The lowest BCUT2D eigenvalue weighted by Crippen LogP contribution is -2.23. The SMILES string of the molecule is Cc1ccc(CNS(=O)(=O)c2ccccc2Br)cc1. The Hall–Kier alpha value is -1.17. The minimum Gasteiger partial charge on any atom is -0.207 e. The Labute approximate surface area is 121 Å². The van der Waals surface area contributed by atoms with Crippen molar-refractivity contribution in [3.05, 3.63) is 64.1 Å². The summed E-state index contributed by atoms with van der Waals surface area (Å²) in [6.45, 7) is 2.28. The Morgan fingerprint density at radius 2 is 1.68 bits per heavy atom. The van der Waals surface area contributed by atoms with Crippen LogP contribution >= 0.6 is 15.9 Å². The van der Waals surface area contributed by atoms with Crippen molar-refractivity contribution in [1.29, 1.82) is 0 Å². The third-order valence-electron chi connectivity index (χ3n) is 2.71. The van der Waals surface area contributed by atoms with Gasteiger partial charge in [-0.15, -0.1) is 0 Å². The normalized spacial score (nSPS) is 11.5. The van der Waals surface area contributed by atoms with E-state index in [1.165, 1.54) is 0 Å². The molecule has 2 aromatic carbocycles. The van der Waals surface area contributed by atoms with E-state index in [1.807, 2.05) is 31.2 Å².